The van der Waals surface area contributed by atoms with Gasteiger partial charge in [-0.2, -0.15) is 13.2 Å². The second kappa shape index (κ2) is 6.45. The Morgan fingerprint density at radius 3 is 2.53 bits per heavy atom. The molecular weight excluding hydrogens is 261 g/mol. The van der Waals surface area contributed by atoms with Crippen LogP contribution in [0.3, 0.4) is 0 Å². The maximum atomic E-state index is 12.6. The number of ether oxygens (including phenoxy) is 1. The summed E-state index contributed by atoms with van der Waals surface area (Å²) in [6, 6.07) is 3.51. The molecule has 0 aliphatic heterocycles. The van der Waals surface area contributed by atoms with E-state index in [0.717, 1.165) is 12.1 Å². The summed E-state index contributed by atoms with van der Waals surface area (Å²) in [7, 11) is 0. The molecule has 0 saturated carbocycles. The van der Waals surface area contributed by atoms with Gasteiger partial charge in [-0.3, -0.25) is 0 Å². The first-order chi connectivity index (χ1) is 8.82. The van der Waals surface area contributed by atoms with Gasteiger partial charge in [0, 0.05) is 5.97 Å². The first-order valence-electron chi connectivity index (χ1n) is 5.86. The predicted octanol–water partition coefficient (Wildman–Crippen LogP) is 2.18. The molecule has 0 saturated heterocycles. The van der Waals surface area contributed by atoms with Crippen molar-refractivity contribution < 1.29 is 27.8 Å². The standard InChI is InChI=1S/C13H15F3O3/c1-2-9-6-10(13(14,15)16)8-11(7-9)19-5-3-4-12(17)18/h6-8H,2-5H2,1H3,(H,17,18)/p-1. The van der Waals surface area contributed by atoms with Crippen molar-refractivity contribution in [1.82, 2.24) is 0 Å². The van der Waals surface area contributed by atoms with E-state index in [1.807, 2.05) is 0 Å². The van der Waals surface area contributed by atoms with Crippen LogP contribution >= 0.6 is 0 Å². The van der Waals surface area contributed by atoms with Crippen LogP contribution in [0.4, 0.5) is 13.2 Å². The predicted molar refractivity (Wildman–Crippen MR) is 60.6 cm³/mol. The summed E-state index contributed by atoms with van der Waals surface area (Å²) < 4.78 is 43.1. The molecule has 0 aliphatic rings. The van der Waals surface area contributed by atoms with Crippen LogP contribution in [0.2, 0.25) is 0 Å². The van der Waals surface area contributed by atoms with E-state index < -0.39 is 17.7 Å². The van der Waals surface area contributed by atoms with E-state index in [4.69, 9.17) is 4.74 Å². The normalized spacial score (nSPS) is 11.4. The molecule has 3 nitrogen and oxygen atoms in total. The summed E-state index contributed by atoms with van der Waals surface area (Å²) in [4.78, 5) is 10.2. The van der Waals surface area contributed by atoms with Gasteiger partial charge in [0.1, 0.15) is 5.75 Å². The summed E-state index contributed by atoms with van der Waals surface area (Å²) in [6.07, 6.45) is -3.95. The molecule has 0 N–H and O–H groups in total. The Morgan fingerprint density at radius 1 is 1.32 bits per heavy atom. The number of aliphatic carboxylic acids is 1. The monoisotopic (exact) mass is 275 g/mol. The summed E-state index contributed by atoms with van der Waals surface area (Å²) in [5, 5.41) is 10.2. The first-order valence-corrected chi connectivity index (χ1v) is 5.86. The lowest BCUT2D eigenvalue weighted by molar-refractivity contribution is -0.305. The van der Waals surface area contributed by atoms with E-state index >= 15 is 0 Å². The third kappa shape index (κ3) is 5.19. The Labute approximate surface area is 109 Å². The van der Waals surface area contributed by atoms with Crippen LogP contribution in [-0.4, -0.2) is 12.6 Å². The number of carbonyl (C=O) groups excluding carboxylic acids is 1. The van der Waals surface area contributed by atoms with Crippen LogP contribution in [0.15, 0.2) is 18.2 Å². The smallest absolute Gasteiger partial charge is 0.416 e. The van der Waals surface area contributed by atoms with Gasteiger partial charge in [0.05, 0.1) is 12.2 Å². The largest absolute Gasteiger partial charge is 0.550 e. The Bertz CT molecular complexity index is 441. The SMILES string of the molecule is CCc1cc(OCCCC(=O)[O-])cc(C(F)(F)F)c1. The summed E-state index contributed by atoms with van der Waals surface area (Å²) in [5.41, 5.74) is -0.244. The van der Waals surface area contributed by atoms with Crippen LogP contribution in [-0.2, 0) is 17.4 Å². The zero-order chi connectivity index (χ0) is 14.5. The molecule has 0 aliphatic carbocycles. The van der Waals surface area contributed by atoms with Crippen molar-refractivity contribution in [2.75, 3.05) is 6.61 Å². The third-order valence-corrected chi connectivity index (χ3v) is 2.50. The lowest BCUT2D eigenvalue weighted by Gasteiger charge is -2.12. The molecule has 1 aromatic carbocycles. The van der Waals surface area contributed by atoms with Gasteiger partial charge in [0.15, 0.2) is 0 Å². The molecule has 0 spiro atoms. The van der Waals surface area contributed by atoms with Crippen LogP contribution in [0.25, 0.3) is 0 Å². The molecule has 0 amide bonds. The molecule has 0 bridgehead atoms. The molecule has 0 unspecified atom stereocenters. The number of carboxylic acid groups (broad SMARTS) is 1. The van der Waals surface area contributed by atoms with E-state index in [2.05, 4.69) is 0 Å². The molecule has 1 aromatic rings. The number of benzene rings is 1. The molecule has 0 heterocycles. The van der Waals surface area contributed by atoms with Gasteiger partial charge in [-0.25, -0.2) is 0 Å². The van der Waals surface area contributed by atoms with Crippen LogP contribution < -0.4 is 9.84 Å². The molecule has 0 atom stereocenters. The Kier molecular flexibility index (Phi) is 5.20. The highest BCUT2D eigenvalue weighted by Gasteiger charge is 2.31. The fraction of sp³-hybridized carbons (Fsp3) is 0.462. The van der Waals surface area contributed by atoms with Crippen molar-refractivity contribution >= 4 is 5.97 Å². The zero-order valence-corrected chi connectivity index (χ0v) is 10.4. The summed E-state index contributed by atoms with van der Waals surface area (Å²) >= 11 is 0. The van der Waals surface area contributed by atoms with E-state index in [0.29, 0.717) is 12.0 Å². The molecule has 0 fully saturated rings. The highest BCUT2D eigenvalue weighted by atomic mass is 19.4. The second-order valence-electron chi connectivity index (χ2n) is 4.04. The number of rotatable bonds is 6. The average molecular weight is 275 g/mol. The van der Waals surface area contributed by atoms with Gasteiger partial charge in [-0.1, -0.05) is 6.92 Å². The zero-order valence-electron chi connectivity index (χ0n) is 10.4. The minimum Gasteiger partial charge on any atom is -0.550 e. The van der Waals surface area contributed by atoms with Crippen LogP contribution in [0, 0.1) is 0 Å². The number of hydrogen-bond acceptors (Lipinski definition) is 3. The van der Waals surface area contributed by atoms with E-state index in [1.165, 1.54) is 6.07 Å². The van der Waals surface area contributed by atoms with Crippen molar-refractivity contribution in [3.05, 3.63) is 29.3 Å². The maximum Gasteiger partial charge on any atom is 0.416 e. The minimum atomic E-state index is -4.42. The van der Waals surface area contributed by atoms with E-state index in [-0.39, 0.29) is 25.2 Å². The molecule has 106 valence electrons. The third-order valence-electron chi connectivity index (χ3n) is 2.50. The average Bonchev–Trinajstić information content (AvgIpc) is 2.33. The van der Waals surface area contributed by atoms with E-state index in [1.54, 1.807) is 6.92 Å². The van der Waals surface area contributed by atoms with Crippen molar-refractivity contribution in [3.8, 4) is 5.75 Å². The number of alkyl halides is 3. The van der Waals surface area contributed by atoms with Crippen molar-refractivity contribution in [2.24, 2.45) is 0 Å². The van der Waals surface area contributed by atoms with E-state index in [9.17, 15) is 23.1 Å². The summed E-state index contributed by atoms with van der Waals surface area (Å²) in [5.74, 6) is -1.10. The van der Waals surface area contributed by atoms with Crippen LogP contribution in [0.1, 0.15) is 30.9 Å². The Hall–Kier alpha value is -1.72. The lowest BCUT2D eigenvalue weighted by Crippen LogP contribution is -2.22. The quantitative estimate of drug-likeness (QED) is 0.748. The Balaban J connectivity index is 2.74. The molecule has 1 rings (SSSR count). The molecule has 19 heavy (non-hydrogen) atoms. The number of carbonyl (C=O) groups is 1. The minimum absolute atomic E-state index is 0.0401. The van der Waals surface area contributed by atoms with Gasteiger partial charge < -0.3 is 14.6 Å². The lowest BCUT2D eigenvalue weighted by atomic mass is 10.1. The molecule has 0 aromatic heterocycles. The van der Waals surface area contributed by atoms with Gasteiger partial charge >= 0.3 is 6.18 Å². The number of carboxylic acids is 1. The second-order valence-corrected chi connectivity index (χ2v) is 4.04. The van der Waals surface area contributed by atoms with Crippen molar-refractivity contribution in [1.29, 1.82) is 0 Å². The maximum absolute atomic E-state index is 12.6. The van der Waals surface area contributed by atoms with Gasteiger partial charge in [0.25, 0.3) is 0 Å². The van der Waals surface area contributed by atoms with Gasteiger partial charge in [-0.05, 0) is 43.0 Å². The number of hydrogen-bond donors (Lipinski definition) is 0. The fourth-order valence-electron chi connectivity index (χ4n) is 1.52. The first kappa shape index (κ1) is 15.3. The number of aryl methyl sites for hydroxylation is 1. The van der Waals surface area contributed by atoms with Gasteiger partial charge in [0.2, 0.25) is 0 Å². The van der Waals surface area contributed by atoms with Crippen molar-refractivity contribution in [3.63, 3.8) is 0 Å². The molecular formula is C13H14F3O3-. The molecule has 0 radical (unpaired) electrons. The highest BCUT2D eigenvalue weighted by Crippen LogP contribution is 2.32. The molecule has 6 heteroatoms. The van der Waals surface area contributed by atoms with Crippen molar-refractivity contribution in [2.45, 2.75) is 32.4 Å². The Morgan fingerprint density at radius 2 is 2.00 bits per heavy atom. The fourth-order valence-corrected chi connectivity index (χ4v) is 1.52. The van der Waals surface area contributed by atoms with Crippen LogP contribution in [0.5, 0.6) is 5.75 Å². The topological polar surface area (TPSA) is 49.4 Å². The summed E-state index contributed by atoms with van der Waals surface area (Å²) in [6.45, 7) is 1.79. The van der Waals surface area contributed by atoms with Gasteiger partial charge in [-0.15, -0.1) is 0 Å². The number of halogens is 3. The highest BCUT2D eigenvalue weighted by molar-refractivity contribution is 5.64.